The summed E-state index contributed by atoms with van der Waals surface area (Å²) in [7, 11) is 0. The third kappa shape index (κ3) is 2.66. The fourth-order valence-electron chi connectivity index (χ4n) is 3.42. The minimum absolute atomic E-state index is 0.0567. The summed E-state index contributed by atoms with van der Waals surface area (Å²) in [6.07, 6.45) is 0. The third-order valence-corrected chi connectivity index (χ3v) is 4.54. The number of fused-ring (bicyclic) bond motifs is 1. The highest BCUT2D eigenvalue weighted by molar-refractivity contribution is 5.96. The van der Waals surface area contributed by atoms with Gasteiger partial charge in [0.05, 0.1) is 5.69 Å². The van der Waals surface area contributed by atoms with Crippen LogP contribution in [0.15, 0.2) is 78.0 Å². The molecule has 0 bridgehead atoms. The number of hydrogen-bond donors (Lipinski definition) is 1. The summed E-state index contributed by atoms with van der Waals surface area (Å²) in [5.74, 6) is 0.955. The second kappa shape index (κ2) is 6.06. The summed E-state index contributed by atoms with van der Waals surface area (Å²) in [6.45, 7) is 3.56. The van der Waals surface area contributed by atoms with Crippen LogP contribution in [0.2, 0.25) is 0 Å². The molecule has 2 heterocycles. The molecule has 1 atom stereocenters. The van der Waals surface area contributed by atoms with Crippen molar-refractivity contribution in [1.82, 2.24) is 9.78 Å². The van der Waals surface area contributed by atoms with Gasteiger partial charge in [-0.25, -0.2) is 4.68 Å². The van der Waals surface area contributed by atoms with Crippen molar-refractivity contribution in [3.05, 3.63) is 83.6 Å². The molecule has 4 rings (SSSR count). The third-order valence-electron chi connectivity index (χ3n) is 4.54. The molecule has 0 radical (unpaired) electrons. The molecule has 0 amide bonds. The number of Topliss-reactive ketones (excluding diaryl/α,β-unsaturated/α-hetero) is 1. The minimum Gasteiger partial charge on any atom is -0.344 e. The standard InChI is InChI=1S/C21H19N3O/c1-14-20(15(2)25)21(17-11-7-4-8-12-17)24-19(22-14)13-18(23-24)16-9-5-3-6-10-16/h3-13,21-22H,1-2H3/t21-/m1/s1. The number of carbonyl (C=O) groups excluding carboxylic acids is 1. The van der Waals surface area contributed by atoms with Gasteiger partial charge in [-0.3, -0.25) is 4.79 Å². The molecule has 4 nitrogen and oxygen atoms in total. The molecule has 0 unspecified atom stereocenters. The number of allylic oxidation sites excluding steroid dienone is 2. The molecule has 0 fully saturated rings. The Kier molecular flexibility index (Phi) is 3.73. The van der Waals surface area contributed by atoms with E-state index in [2.05, 4.69) is 5.32 Å². The molecule has 0 saturated carbocycles. The molecule has 124 valence electrons. The number of anilines is 1. The largest absolute Gasteiger partial charge is 0.344 e. The molecule has 0 aliphatic carbocycles. The minimum atomic E-state index is -0.215. The van der Waals surface area contributed by atoms with Crippen molar-refractivity contribution in [2.45, 2.75) is 19.9 Å². The van der Waals surface area contributed by atoms with E-state index in [4.69, 9.17) is 5.10 Å². The average molecular weight is 329 g/mol. The Morgan fingerprint density at radius 3 is 2.32 bits per heavy atom. The summed E-state index contributed by atoms with van der Waals surface area (Å²) >= 11 is 0. The van der Waals surface area contributed by atoms with Crippen LogP contribution in [0.25, 0.3) is 11.3 Å². The van der Waals surface area contributed by atoms with E-state index in [1.807, 2.05) is 78.3 Å². The quantitative estimate of drug-likeness (QED) is 0.773. The first-order valence-electron chi connectivity index (χ1n) is 8.34. The predicted molar refractivity (Wildman–Crippen MR) is 99.2 cm³/mol. The Balaban J connectivity index is 1.89. The fraction of sp³-hybridized carbons (Fsp3) is 0.143. The number of nitrogens with one attached hydrogen (secondary N) is 1. The summed E-state index contributed by atoms with van der Waals surface area (Å²) in [5.41, 5.74) is 4.63. The molecule has 0 saturated heterocycles. The van der Waals surface area contributed by atoms with Gasteiger partial charge in [0.15, 0.2) is 5.78 Å². The van der Waals surface area contributed by atoms with Gasteiger partial charge >= 0.3 is 0 Å². The van der Waals surface area contributed by atoms with Crippen molar-refractivity contribution in [3.63, 3.8) is 0 Å². The smallest absolute Gasteiger partial charge is 0.160 e. The number of hydrogen-bond acceptors (Lipinski definition) is 3. The van der Waals surface area contributed by atoms with E-state index in [1.54, 1.807) is 6.92 Å². The molecule has 0 spiro atoms. The van der Waals surface area contributed by atoms with E-state index in [0.717, 1.165) is 33.9 Å². The number of benzene rings is 2. The van der Waals surface area contributed by atoms with Crippen molar-refractivity contribution in [2.24, 2.45) is 0 Å². The maximum absolute atomic E-state index is 12.3. The Hall–Kier alpha value is -3.14. The number of aromatic nitrogens is 2. The zero-order valence-electron chi connectivity index (χ0n) is 14.2. The van der Waals surface area contributed by atoms with Gasteiger partial charge in [-0.2, -0.15) is 5.10 Å². The zero-order valence-corrected chi connectivity index (χ0v) is 14.2. The lowest BCUT2D eigenvalue weighted by Gasteiger charge is -2.29. The summed E-state index contributed by atoms with van der Waals surface area (Å²) < 4.78 is 1.92. The predicted octanol–water partition coefficient (Wildman–Crippen LogP) is 4.43. The number of nitrogens with zero attached hydrogens (tertiary/aromatic N) is 2. The van der Waals surface area contributed by atoms with Gasteiger partial charge < -0.3 is 5.32 Å². The molecule has 1 aromatic heterocycles. The van der Waals surface area contributed by atoms with E-state index in [1.165, 1.54) is 0 Å². The van der Waals surface area contributed by atoms with Gasteiger partial charge in [-0.15, -0.1) is 0 Å². The van der Waals surface area contributed by atoms with Crippen molar-refractivity contribution < 1.29 is 4.79 Å². The van der Waals surface area contributed by atoms with Gasteiger partial charge in [-0.1, -0.05) is 60.7 Å². The van der Waals surface area contributed by atoms with Gasteiger partial charge in [0.2, 0.25) is 0 Å². The summed E-state index contributed by atoms with van der Waals surface area (Å²) in [6, 6.07) is 21.9. The first kappa shape index (κ1) is 15.4. The lowest BCUT2D eigenvalue weighted by atomic mass is 9.93. The molecule has 3 aromatic rings. The molecule has 25 heavy (non-hydrogen) atoms. The van der Waals surface area contributed by atoms with Crippen LogP contribution in [0.5, 0.6) is 0 Å². The van der Waals surface area contributed by atoms with Gasteiger partial charge in [0.25, 0.3) is 0 Å². The van der Waals surface area contributed by atoms with Crippen molar-refractivity contribution in [2.75, 3.05) is 5.32 Å². The van der Waals surface area contributed by atoms with Crippen LogP contribution in [0.4, 0.5) is 5.82 Å². The van der Waals surface area contributed by atoms with E-state index < -0.39 is 0 Å². The number of ketones is 1. The number of rotatable bonds is 3. The van der Waals surface area contributed by atoms with E-state index in [0.29, 0.717) is 0 Å². The first-order valence-corrected chi connectivity index (χ1v) is 8.34. The fourth-order valence-corrected chi connectivity index (χ4v) is 3.42. The second-order valence-electron chi connectivity index (χ2n) is 6.26. The maximum atomic E-state index is 12.3. The highest BCUT2D eigenvalue weighted by atomic mass is 16.1. The lowest BCUT2D eigenvalue weighted by Crippen LogP contribution is -2.27. The zero-order chi connectivity index (χ0) is 17.4. The van der Waals surface area contributed by atoms with Gasteiger partial charge in [0, 0.05) is 22.9 Å². The van der Waals surface area contributed by atoms with Crippen molar-refractivity contribution in [1.29, 1.82) is 0 Å². The van der Waals surface area contributed by atoms with Crippen LogP contribution in [-0.2, 0) is 4.79 Å². The average Bonchev–Trinajstić information content (AvgIpc) is 3.05. The highest BCUT2D eigenvalue weighted by Crippen LogP contribution is 2.37. The second-order valence-corrected chi connectivity index (χ2v) is 6.26. The molecular weight excluding hydrogens is 310 g/mol. The normalized spacial score (nSPS) is 16.3. The van der Waals surface area contributed by atoms with Crippen molar-refractivity contribution in [3.8, 4) is 11.3 Å². The molecule has 1 N–H and O–H groups in total. The maximum Gasteiger partial charge on any atom is 0.160 e. The Morgan fingerprint density at radius 1 is 1.04 bits per heavy atom. The van der Waals surface area contributed by atoms with E-state index in [-0.39, 0.29) is 11.8 Å². The SMILES string of the molecule is CC(=O)C1=C(C)Nc2cc(-c3ccccc3)nn2[C@@H]1c1ccccc1. The van der Waals surface area contributed by atoms with Crippen molar-refractivity contribution >= 4 is 11.6 Å². The van der Waals surface area contributed by atoms with Crippen LogP contribution in [0.1, 0.15) is 25.5 Å². The van der Waals surface area contributed by atoms with Crippen LogP contribution < -0.4 is 5.32 Å². The van der Waals surface area contributed by atoms with E-state index >= 15 is 0 Å². The Labute approximate surface area is 146 Å². The van der Waals surface area contributed by atoms with E-state index in [9.17, 15) is 4.79 Å². The van der Waals surface area contributed by atoms with Crippen LogP contribution in [-0.4, -0.2) is 15.6 Å². The summed E-state index contributed by atoms with van der Waals surface area (Å²) in [5, 5.41) is 8.15. The molecule has 4 heteroatoms. The lowest BCUT2D eigenvalue weighted by molar-refractivity contribution is -0.114. The van der Waals surface area contributed by atoms with Crippen LogP contribution >= 0.6 is 0 Å². The molecular formula is C21H19N3O. The van der Waals surface area contributed by atoms with Crippen LogP contribution in [0.3, 0.4) is 0 Å². The Morgan fingerprint density at radius 2 is 1.68 bits per heavy atom. The first-order chi connectivity index (χ1) is 12.1. The van der Waals surface area contributed by atoms with Gasteiger partial charge in [0.1, 0.15) is 11.9 Å². The number of carbonyl (C=O) groups is 1. The van der Waals surface area contributed by atoms with Crippen LogP contribution in [0, 0.1) is 0 Å². The Bertz CT molecular complexity index is 955. The highest BCUT2D eigenvalue weighted by Gasteiger charge is 2.31. The monoisotopic (exact) mass is 329 g/mol. The van der Waals surface area contributed by atoms with Gasteiger partial charge in [-0.05, 0) is 19.4 Å². The topological polar surface area (TPSA) is 46.9 Å². The molecule has 1 aliphatic heterocycles. The molecule has 2 aromatic carbocycles. The molecule has 1 aliphatic rings. The summed E-state index contributed by atoms with van der Waals surface area (Å²) in [4.78, 5) is 12.3.